The van der Waals surface area contributed by atoms with Gasteiger partial charge in [-0.15, -0.1) is 0 Å². The fourth-order valence-corrected chi connectivity index (χ4v) is 3.56. The number of fused-ring (bicyclic) bond motifs is 2. The molecule has 1 aliphatic rings. The Labute approximate surface area is 181 Å². The standard InChI is InChI=1S/C23H28N4O4/c1-15(2)23(3,14-24)26-20(28)13-31-22(30)16-9-10-17-18(12-16)25-19-8-6-4-5-7-11-27(19)21(17)29/h9-10,12,15H,4-8,11,13H2,1-3H3,(H,26,28). The van der Waals surface area contributed by atoms with E-state index in [1.807, 2.05) is 13.8 Å². The number of esters is 1. The van der Waals surface area contributed by atoms with Gasteiger partial charge in [-0.2, -0.15) is 5.26 Å². The largest absolute Gasteiger partial charge is 0.452 e. The fraction of sp³-hybridized carbons (Fsp3) is 0.522. The first kappa shape index (κ1) is 22.5. The van der Waals surface area contributed by atoms with E-state index < -0.39 is 24.0 Å². The molecule has 31 heavy (non-hydrogen) atoms. The van der Waals surface area contributed by atoms with E-state index in [0.29, 0.717) is 17.4 Å². The Balaban J connectivity index is 1.76. The number of carbonyl (C=O) groups is 2. The SMILES string of the molecule is CC(C)C(C)(C#N)NC(=O)COC(=O)c1ccc2c(=O)n3c(nc2c1)CCCCCC3. The predicted octanol–water partition coefficient (Wildman–Crippen LogP) is 2.72. The lowest BCUT2D eigenvalue weighted by Crippen LogP contribution is -2.50. The van der Waals surface area contributed by atoms with Gasteiger partial charge in [-0.3, -0.25) is 14.2 Å². The molecular formula is C23H28N4O4. The lowest BCUT2D eigenvalue weighted by atomic mass is 9.90. The molecule has 8 nitrogen and oxygen atoms in total. The number of hydrogen-bond acceptors (Lipinski definition) is 6. The number of nitrogens with one attached hydrogen (secondary N) is 1. The maximum atomic E-state index is 12.9. The van der Waals surface area contributed by atoms with Gasteiger partial charge in [-0.05, 0) is 43.9 Å². The van der Waals surface area contributed by atoms with Crippen molar-refractivity contribution < 1.29 is 14.3 Å². The second-order valence-electron chi connectivity index (χ2n) is 8.47. The van der Waals surface area contributed by atoms with E-state index in [1.165, 1.54) is 12.1 Å². The van der Waals surface area contributed by atoms with Crippen molar-refractivity contribution in [2.75, 3.05) is 6.61 Å². The summed E-state index contributed by atoms with van der Waals surface area (Å²) in [4.78, 5) is 42.1. The zero-order chi connectivity index (χ0) is 22.6. The van der Waals surface area contributed by atoms with Gasteiger partial charge < -0.3 is 10.1 Å². The van der Waals surface area contributed by atoms with Gasteiger partial charge in [0, 0.05) is 13.0 Å². The van der Waals surface area contributed by atoms with Gasteiger partial charge in [-0.25, -0.2) is 9.78 Å². The number of nitriles is 1. The number of benzene rings is 1. The lowest BCUT2D eigenvalue weighted by Gasteiger charge is -2.27. The van der Waals surface area contributed by atoms with Gasteiger partial charge in [0.15, 0.2) is 6.61 Å². The van der Waals surface area contributed by atoms with E-state index in [0.717, 1.165) is 37.9 Å². The maximum absolute atomic E-state index is 12.9. The van der Waals surface area contributed by atoms with Crippen molar-refractivity contribution in [3.8, 4) is 6.07 Å². The average Bonchev–Trinajstić information content (AvgIpc) is 2.72. The van der Waals surface area contributed by atoms with Gasteiger partial charge >= 0.3 is 5.97 Å². The summed E-state index contributed by atoms with van der Waals surface area (Å²) in [6, 6.07) is 6.70. The number of nitrogens with zero attached hydrogens (tertiary/aromatic N) is 3. The first-order valence-corrected chi connectivity index (χ1v) is 10.7. The molecule has 1 aromatic carbocycles. The maximum Gasteiger partial charge on any atom is 0.338 e. The van der Waals surface area contributed by atoms with E-state index >= 15 is 0 Å². The first-order valence-electron chi connectivity index (χ1n) is 10.7. The minimum atomic E-state index is -1.05. The van der Waals surface area contributed by atoms with E-state index in [-0.39, 0.29) is 17.0 Å². The molecule has 0 saturated heterocycles. The van der Waals surface area contributed by atoms with Crippen LogP contribution in [-0.2, 0) is 22.5 Å². The van der Waals surface area contributed by atoms with Crippen LogP contribution in [0.15, 0.2) is 23.0 Å². The summed E-state index contributed by atoms with van der Waals surface area (Å²) in [5.74, 6) is -0.604. The van der Waals surface area contributed by atoms with Gasteiger partial charge in [0.25, 0.3) is 11.5 Å². The normalized spacial score (nSPS) is 15.8. The van der Waals surface area contributed by atoms with Crippen LogP contribution in [0.25, 0.3) is 10.9 Å². The molecule has 0 radical (unpaired) electrons. The van der Waals surface area contributed by atoms with Crippen molar-refractivity contribution >= 4 is 22.8 Å². The van der Waals surface area contributed by atoms with Crippen LogP contribution in [0.1, 0.15) is 62.6 Å². The zero-order valence-corrected chi connectivity index (χ0v) is 18.2. The van der Waals surface area contributed by atoms with Crippen LogP contribution in [0.2, 0.25) is 0 Å². The summed E-state index contributed by atoms with van der Waals surface area (Å²) >= 11 is 0. The van der Waals surface area contributed by atoms with Crippen molar-refractivity contribution in [1.29, 1.82) is 5.26 Å². The molecule has 1 aromatic heterocycles. The van der Waals surface area contributed by atoms with Crippen LogP contribution in [0.3, 0.4) is 0 Å². The van der Waals surface area contributed by atoms with Crippen molar-refractivity contribution in [3.05, 3.63) is 39.9 Å². The van der Waals surface area contributed by atoms with Crippen molar-refractivity contribution in [2.45, 2.75) is 65.0 Å². The zero-order valence-electron chi connectivity index (χ0n) is 18.2. The van der Waals surface area contributed by atoms with E-state index in [4.69, 9.17) is 4.74 Å². The van der Waals surface area contributed by atoms with E-state index in [2.05, 4.69) is 16.4 Å². The van der Waals surface area contributed by atoms with Crippen LogP contribution in [0.4, 0.5) is 0 Å². The molecule has 0 bridgehead atoms. The molecule has 2 heterocycles. The lowest BCUT2D eigenvalue weighted by molar-refractivity contribution is -0.125. The number of aryl methyl sites for hydroxylation is 1. The van der Waals surface area contributed by atoms with Crippen LogP contribution >= 0.6 is 0 Å². The Morgan fingerprint density at radius 2 is 2.03 bits per heavy atom. The molecule has 3 rings (SSSR count). The molecular weight excluding hydrogens is 396 g/mol. The van der Waals surface area contributed by atoms with E-state index in [9.17, 15) is 19.6 Å². The molecule has 1 aliphatic heterocycles. The number of ether oxygens (including phenoxy) is 1. The van der Waals surface area contributed by atoms with Crippen LogP contribution in [0.5, 0.6) is 0 Å². The minimum absolute atomic E-state index is 0.0920. The van der Waals surface area contributed by atoms with Gasteiger partial charge in [0.2, 0.25) is 0 Å². The average molecular weight is 425 g/mol. The first-order chi connectivity index (χ1) is 14.7. The highest BCUT2D eigenvalue weighted by Crippen LogP contribution is 2.17. The number of amides is 1. The second kappa shape index (κ2) is 9.29. The summed E-state index contributed by atoms with van der Waals surface area (Å²) < 4.78 is 6.86. The van der Waals surface area contributed by atoms with E-state index in [1.54, 1.807) is 17.6 Å². The third-order valence-electron chi connectivity index (χ3n) is 5.92. The second-order valence-corrected chi connectivity index (χ2v) is 8.47. The third-order valence-corrected chi connectivity index (χ3v) is 5.92. The molecule has 2 aromatic rings. The van der Waals surface area contributed by atoms with Gasteiger partial charge in [-0.1, -0.05) is 26.7 Å². The Morgan fingerprint density at radius 3 is 2.74 bits per heavy atom. The Kier molecular flexibility index (Phi) is 6.74. The Bertz CT molecular complexity index is 1100. The van der Waals surface area contributed by atoms with Gasteiger partial charge in [0.1, 0.15) is 11.4 Å². The molecule has 164 valence electrons. The van der Waals surface area contributed by atoms with Crippen molar-refractivity contribution in [1.82, 2.24) is 14.9 Å². The number of carbonyl (C=O) groups excluding carboxylic acids is 2. The quantitative estimate of drug-likeness (QED) is 0.738. The highest BCUT2D eigenvalue weighted by Gasteiger charge is 2.30. The molecule has 1 N–H and O–H groups in total. The summed E-state index contributed by atoms with van der Waals surface area (Å²) in [7, 11) is 0. The highest BCUT2D eigenvalue weighted by atomic mass is 16.5. The summed E-state index contributed by atoms with van der Waals surface area (Å²) in [5, 5.41) is 12.4. The summed E-state index contributed by atoms with van der Waals surface area (Å²) in [5.41, 5.74) is -0.469. The Hall–Kier alpha value is -3.21. The predicted molar refractivity (Wildman–Crippen MR) is 115 cm³/mol. The summed E-state index contributed by atoms with van der Waals surface area (Å²) in [6.07, 6.45) is 4.88. The van der Waals surface area contributed by atoms with Gasteiger partial charge in [0.05, 0.1) is 22.5 Å². The third kappa shape index (κ3) is 4.93. The van der Waals surface area contributed by atoms with Crippen LogP contribution in [0, 0.1) is 17.2 Å². The number of aromatic nitrogens is 2. The molecule has 1 unspecified atom stereocenters. The molecule has 1 amide bonds. The topological polar surface area (TPSA) is 114 Å². The highest BCUT2D eigenvalue weighted by molar-refractivity contribution is 5.95. The number of rotatable bonds is 5. The number of hydrogen-bond donors (Lipinski definition) is 1. The van der Waals surface area contributed by atoms with Crippen LogP contribution < -0.4 is 10.9 Å². The molecule has 0 aliphatic carbocycles. The molecule has 0 saturated carbocycles. The van der Waals surface area contributed by atoms with Crippen molar-refractivity contribution in [2.24, 2.45) is 5.92 Å². The Morgan fingerprint density at radius 1 is 1.29 bits per heavy atom. The molecule has 0 spiro atoms. The van der Waals surface area contributed by atoms with Crippen molar-refractivity contribution in [3.63, 3.8) is 0 Å². The molecule has 1 atom stereocenters. The minimum Gasteiger partial charge on any atom is -0.452 e. The van der Waals surface area contributed by atoms with Crippen LogP contribution in [-0.4, -0.2) is 33.6 Å². The fourth-order valence-electron chi connectivity index (χ4n) is 3.56. The smallest absolute Gasteiger partial charge is 0.338 e. The molecule has 0 fully saturated rings. The monoisotopic (exact) mass is 424 g/mol. The molecule has 8 heteroatoms. The summed E-state index contributed by atoms with van der Waals surface area (Å²) in [6.45, 7) is 5.43.